The third kappa shape index (κ3) is 5.80. The first kappa shape index (κ1) is 33.3. The lowest BCUT2D eigenvalue weighted by atomic mass is 9.84. The summed E-state index contributed by atoms with van der Waals surface area (Å²) in [4.78, 5) is 24.6. The molecule has 0 aliphatic heterocycles. The Balaban J connectivity index is 3.54. The van der Waals surface area contributed by atoms with E-state index in [9.17, 15) is 66.7 Å². The molecular weight excluding hydrogens is 561 g/mol. The van der Waals surface area contributed by atoms with Gasteiger partial charge in [0.25, 0.3) is 5.91 Å². The van der Waals surface area contributed by atoms with E-state index in [2.05, 4.69) is 4.74 Å². The van der Waals surface area contributed by atoms with E-state index in [1.54, 1.807) is 6.92 Å². The van der Waals surface area contributed by atoms with E-state index in [0.29, 0.717) is 6.42 Å². The topological polar surface area (TPSA) is 55.4 Å². The van der Waals surface area contributed by atoms with Gasteiger partial charge in [0.05, 0.1) is 12.5 Å². The molecule has 1 aromatic carbocycles. The lowest BCUT2D eigenvalue weighted by Crippen LogP contribution is -2.72. The highest BCUT2D eigenvalue weighted by molar-refractivity contribution is 5.96. The largest absolute Gasteiger partial charge is 0.464 e. The number of ether oxygens (including phenoxy) is 1. The fourth-order valence-electron chi connectivity index (χ4n) is 2.89. The van der Waals surface area contributed by atoms with Crippen LogP contribution < -0.4 is 5.32 Å². The molecule has 1 amide bonds. The monoisotopic (exact) mass is 581 g/mol. The highest BCUT2D eigenvalue weighted by atomic mass is 19.4. The molecule has 0 saturated heterocycles. The molecule has 1 N–H and O–H groups in total. The molecule has 0 aromatic heterocycles. The zero-order valence-electron chi connectivity index (χ0n) is 19.3. The highest BCUT2D eigenvalue weighted by Gasteiger charge is 2.91. The van der Waals surface area contributed by atoms with Crippen LogP contribution in [0.4, 0.5) is 57.1 Å². The third-order valence-electron chi connectivity index (χ3n) is 5.35. The summed E-state index contributed by atoms with van der Waals surface area (Å²) in [6.45, 7) is 0.869. The maximum absolute atomic E-state index is 14.7. The number of nitrogens with one attached hydrogen (secondary N) is 1. The van der Waals surface area contributed by atoms with Crippen molar-refractivity contribution < 1.29 is 71.4 Å². The van der Waals surface area contributed by atoms with Crippen LogP contribution in [0.1, 0.15) is 37.0 Å². The molecule has 4 nitrogen and oxygen atoms in total. The van der Waals surface area contributed by atoms with Crippen LogP contribution in [0.2, 0.25) is 0 Å². The van der Waals surface area contributed by atoms with Crippen molar-refractivity contribution >= 4 is 11.9 Å². The average Bonchev–Trinajstić information content (AvgIpc) is 2.81. The molecule has 2 atom stereocenters. The Kier molecular flexibility index (Phi) is 9.77. The molecular formula is C21H20F13NO3. The lowest BCUT2D eigenvalue weighted by molar-refractivity contribution is -0.443. The van der Waals surface area contributed by atoms with E-state index in [0.717, 1.165) is 12.1 Å². The van der Waals surface area contributed by atoms with Gasteiger partial charge in [-0.05, 0) is 18.6 Å². The molecule has 0 spiro atoms. The number of halogens is 13. The Bertz CT molecular complexity index is 965. The molecule has 0 aliphatic carbocycles. The molecule has 0 radical (unpaired) electrons. The maximum Gasteiger partial charge on any atom is 0.460 e. The minimum atomic E-state index is -8.09. The quantitative estimate of drug-likeness (QED) is 0.174. The summed E-state index contributed by atoms with van der Waals surface area (Å²) in [5, 5.41) is 1.50. The summed E-state index contributed by atoms with van der Waals surface area (Å²) in [6, 6.07) is 2.88. The molecule has 1 rings (SSSR count). The number of benzene rings is 1. The molecule has 0 fully saturated rings. The van der Waals surface area contributed by atoms with Gasteiger partial charge >= 0.3 is 41.8 Å². The molecule has 218 valence electrons. The number of hydrogen-bond donors (Lipinski definition) is 1. The minimum Gasteiger partial charge on any atom is -0.464 e. The van der Waals surface area contributed by atoms with Crippen molar-refractivity contribution in [3.05, 3.63) is 35.9 Å². The van der Waals surface area contributed by atoms with E-state index in [-0.39, 0.29) is 18.9 Å². The van der Waals surface area contributed by atoms with Crippen LogP contribution in [-0.2, 0) is 9.53 Å². The van der Waals surface area contributed by atoms with Crippen molar-refractivity contribution in [3.8, 4) is 0 Å². The third-order valence-corrected chi connectivity index (χ3v) is 5.35. The van der Waals surface area contributed by atoms with Crippen molar-refractivity contribution in [1.82, 2.24) is 5.32 Å². The van der Waals surface area contributed by atoms with Crippen LogP contribution in [0.15, 0.2) is 30.3 Å². The second-order valence-corrected chi connectivity index (χ2v) is 8.05. The summed E-state index contributed by atoms with van der Waals surface area (Å²) in [5.41, 5.74) is -0.386. The standard InChI is InChI=1S/C21H20F13NO3/c1-3-4-10-38-15(37)13(35-14(36)12-8-6-5-7-9-12)11(2)16(22,23)17(24,25)18(26,27)19(28,29)20(30,31)21(32,33)34/h5-9,11,13H,3-4,10H2,1-2H3,(H,35,36). The summed E-state index contributed by atoms with van der Waals surface area (Å²) >= 11 is 0. The first-order valence-corrected chi connectivity index (χ1v) is 10.5. The number of esters is 1. The van der Waals surface area contributed by atoms with E-state index in [1.807, 2.05) is 0 Å². The first-order chi connectivity index (χ1) is 17.0. The lowest BCUT2D eigenvalue weighted by Gasteiger charge is -2.42. The SMILES string of the molecule is CCCCOC(=O)C(NC(=O)c1ccccc1)C(C)C(F)(F)C(F)(F)C(F)(F)C(F)(F)C(F)(F)C(F)(F)F. The second kappa shape index (κ2) is 11.2. The zero-order chi connectivity index (χ0) is 30.0. The van der Waals surface area contributed by atoms with Gasteiger partial charge in [0, 0.05) is 5.56 Å². The fourth-order valence-corrected chi connectivity index (χ4v) is 2.89. The molecule has 0 heterocycles. The Morgan fingerprint density at radius 3 is 1.71 bits per heavy atom. The number of carbonyl (C=O) groups is 2. The van der Waals surface area contributed by atoms with Gasteiger partial charge in [-0.3, -0.25) is 4.79 Å². The summed E-state index contributed by atoms with van der Waals surface area (Å²) in [7, 11) is 0. The van der Waals surface area contributed by atoms with Crippen LogP contribution in [0.3, 0.4) is 0 Å². The van der Waals surface area contributed by atoms with E-state index < -0.39 is 66.2 Å². The number of rotatable bonds is 12. The molecule has 0 saturated carbocycles. The number of amides is 1. The van der Waals surface area contributed by atoms with Gasteiger partial charge in [-0.1, -0.05) is 38.5 Å². The predicted octanol–water partition coefficient (Wildman–Crippen LogP) is 6.50. The average molecular weight is 581 g/mol. The van der Waals surface area contributed by atoms with Crippen LogP contribution in [-0.4, -0.2) is 60.3 Å². The van der Waals surface area contributed by atoms with E-state index >= 15 is 0 Å². The summed E-state index contributed by atoms with van der Waals surface area (Å²) < 4.78 is 181. The molecule has 38 heavy (non-hydrogen) atoms. The molecule has 0 aliphatic rings. The van der Waals surface area contributed by atoms with Gasteiger partial charge in [0.15, 0.2) is 0 Å². The smallest absolute Gasteiger partial charge is 0.460 e. The first-order valence-electron chi connectivity index (χ1n) is 10.5. The molecule has 17 heteroatoms. The molecule has 2 unspecified atom stereocenters. The van der Waals surface area contributed by atoms with E-state index in [1.165, 1.54) is 23.5 Å². The normalized spacial score (nSPS) is 15.6. The van der Waals surface area contributed by atoms with Gasteiger partial charge in [-0.25, -0.2) is 4.79 Å². The van der Waals surface area contributed by atoms with Crippen molar-refractivity contribution in [2.75, 3.05) is 6.61 Å². The number of carbonyl (C=O) groups excluding carboxylic acids is 2. The molecule has 1 aromatic rings. The number of hydrogen-bond acceptors (Lipinski definition) is 3. The van der Waals surface area contributed by atoms with Crippen molar-refractivity contribution in [2.45, 2.75) is 68.5 Å². The Hall–Kier alpha value is -2.75. The Labute approximate surface area is 206 Å². The van der Waals surface area contributed by atoms with Gasteiger partial charge < -0.3 is 10.1 Å². The van der Waals surface area contributed by atoms with Gasteiger partial charge in [0.2, 0.25) is 0 Å². The highest BCUT2D eigenvalue weighted by Crippen LogP contribution is 2.61. The van der Waals surface area contributed by atoms with Crippen molar-refractivity contribution in [2.24, 2.45) is 5.92 Å². The zero-order valence-corrected chi connectivity index (χ0v) is 19.3. The summed E-state index contributed by atoms with van der Waals surface area (Å²) in [5.74, 6) is -45.2. The van der Waals surface area contributed by atoms with Crippen LogP contribution in [0, 0.1) is 5.92 Å². The van der Waals surface area contributed by atoms with Crippen LogP contribution in [0.25, 0.3) is 0 Å². The Morgan fingerprint density at radius 1 is 0.789 bits per heavy atom. The van der Waals surface area contributed by atoms with Crippen molar-refractivity contribution in [1.29, 1.82) is 0 Å². The van der Waals surface area contributed by atoms with Gasteiger partial charge in [-0.2, -0.15) is 57.1 Å². The molecule has 0 bridgehead atoms. The van der Waals surface area contributed by atoms with Gasteiger partial charge in [0.1, 0.15) is 6.04 Å². The maximum atomic E-state index is 14.7. The minimum absolute atomic E-state index is 0.0584. The number of alkyl halides is 13. The van der Waals surface area contributed by atoms with Gasteiger partial charge in [-0.15, -0.1) is 0 Å². The van der Waals surface area contributed by atoms with Crippen LogP contribution in [0.5, 0.6) is 0 Å². The predicted molar refractivity (Wildman–Crippen MR) is 104 cm³/mol. The van der Waals surface area contributed by atoms with Crippen molar-refractivity contribution in [3.63, 3.8) is 0 Å². The second-order valence-electron chi connectivity index (χ2n) is 8.05. The summed E-state index contributed by atoms with van der Waals surface area (Å²) in [6.07, 6.45) is -7.16. The Morgan fingerprint density at radius 2 is 1.26 bits per heavy atom. The van der Waals surface area contributed by atoms with E-state index in [4.69, 9.17) is 0 Å². The van der Waals surface area contributed by atoms with Crippen LogP contribution >= 0.6 is 0 Å². The number of unbranched alkanes of at least 4 members (excludes halogenated alkanes) is 1. The fraction of sp³-hybridized carbons (Fsp3) is 0.619.